The zero-order chi connectivity index (χ0) is 9.10. The molecule has 0 saturated carbocycles. The number of aromatic amines is 1. The quantitative estimate of drug-likeness (QED) is 0.768. The highest BCUT2D eigenvalue weighted by atomic mass is 32.1. The van der Waals surface area contributed by atoms with E-state index in [0.717, 1.165) is 6.54 Å². The predicted molar refractivity (Wildman–Crippen MR) is 57.2 cm³/mol. The van der Waals surface area contributed by atoms with Crippen LogP contribution in [0.25, 0.3) is 0 Å². The van der Waals surface area contributed by atoms with Crippen molar-refractivity contribution in [3.05, 3.63) is 40.3 Å². The summed E-state index contributed by atoms with van der Waals surface area (Å²) in [5, 5.41) is 7.68. The van der Waals surface area contributed by atoms with Crippen LogP contribution < -0.4 is 5.32 Å². The third-order valence-corrected chi connectivity index (χ3v) is 2.86. The van der Waals surface area contributed by atoms with Crippen LogP contribution in [0.2, 0.25) is 0 Å². The van der Waals surface area contributed by atoms with Gasteiger partial charge < -0.3 is 10.3 Å². The van der Waals surface area contributed by atoms with Crippen LogP contribution in [0.4, 0.5) is 5.69 Å². The first kappa shape index (κ1) is 8.38. The Balaban J connectivity index is 1.97. The molecule has 2 N–H and O–H groups in total. The highest BCUT2D eigenvalue weighted by Crippen LogP contribution is 2.19. The van der Waals surface area contributed by atoms with E-state index in [1.165, 1.54) is 16.8 Å². The standard InChI is InChI=1S/C10H12N2S/c1-8-6-13-7-10(8)12-5-9-2-3-11-4-9/h2-4,6-7,11-12H,5H2,1H3. The van der Waals surface area contributed by atoms with E-state index in [1.54, 1.807) is 11.3 Å². The summed E-state index contributed by atoms with van der Waals surface area (Å²) in [6, 6.07) is 2.08. The summed E-state index contributed by atoms with van der Waals surface area (Å²) >= 11 is 1.73. The van der Waals surface area contributed by atoms with Crippen LogP contribution in [-0.4, -0.2) is 4.98 Å². The lowest BCUT2D eigenvalue weighted by molar-refractivity contribution is 1.15. The number of aromatic nitrogens is 1. The van der Waals surface area contributed by atoms with Gasteiger partial charge in [-0.3, -0.25) is 0 Å². The molecule has 0 aromatic carbocycles. The summed E-state index contributed by atoms with van der Waals surface area (Å²) in [6.07, 6.45) is 3.95. The molecule has 0 radical (unpaired) electrons. The second-order valence-electron chi connectivity index (χ2n) is 3.04. The zero-order valence-corrected chi connectivity index (χ0v) is 8.32. The zero-order valence-electron chi connectivity index (χ0n) is 7.50. The Kier molecular flexibility index (Phi) is 2.36. The average Bonchev–Trinajstić information content (AvgIpc) is 2.72. The Hall–Kier alpha value is -1.22. The van der Waals surface area contributed by atoms with Crippen molar-refractivity contribution in [1.29, 1.82) is 0 Å². The maximum Gasteiger partial charge on any atom is 0.0481 e. The second-order valence-corrected chi connectivity index (χ2v) is 3.78. The van der Waals surface area contributed by atoms with Crippen LogP contribution in [0.1, 0.15) is 11.1 Å². The van der Waals surface area contributed by atoms with Crippen molar-refractivity contribution >= 4 is 17.0 Å². The van der Waals surface area contributed by atoms with E-state index in [-0.39, 0.29) is 0 Å². The minimum Gasteiger partial charge on any atom is -0.380 e. The van der Waals surface area contributed by atoms with E-state index >= 15 is 0 Å². The summed E-state index contributed by atoms with van der Waals surface area (Å²) in [5.74, 6) is 0. The number of hydrogen-bond donors (Lipinski definition) is 2. The SMILES string of the molecule is Cc1cscc1NCc1cc[nH]c1. The van der Waals surface area contributed by atoms with Gasteiger partial charge in [-0.2, -0.15) is 0 Å². The number of nitrogens with one attached hydrogen (secondary N) is 2. The Labute approximate surface area is 81.6 Å². The first-order valence-corrected chi connectivity index (χ1v) is 5.19. The topological polar surface area (TPSA) is 27.8 Å². The molecular formula is C10H12N2S. The van der Waals surface area contributed by atoms with Crippen molar-refractivity contribution in [1.82, 2.24) is 4.98 Å². The average molecular weight is 192 g/mol. The summed E-state index contributed by atoms with van der Waals surface area (Å²) < 4.78 is 0. The summed E-state index contributed by atoms with van der Waals surface area (Å²) in [5.41, 5.74) is 3.84. The maximum absolute atomic E-state index is 3.39. The number of H-pyrrole nitrogens is 1. The number of aryl methyl sites for hydroxylation is 1. The lowest BCUT2D eigenvalue weighted by Gasteiger charge is -2.02. The molecule has 0 aliphatic heterocycles. The molecule has 2 heterocycles. The van der Waals surface area contributed by atoms with Crippen LogP contribution in [0.5, 0.6) is 0 Å². The molecule has 0 aliphatic carbocycles. The van der Waals surface area contributed by atoms with Crippen molar-refractivity contribution in [3.63, 3.8) is 0 Å². The summed E-state index contributed by atoms with van der Waals surface area (Å²) in [7, 11) is 0. The molecule has 2 nitrogen and oxygen atoms in total. The molecule has 0 atom stereocenters. The smallest absolute Gasteiger partial charge is 0.0481 e. The van der Waals surface area contributed by atoms with Crippen LogP contribution in [0, 0.1) is 6.92 Å². The lowest BCUT2D eigenvalue weighted by atomic mass is 10.3. The molecular weight excluding hydrogens is 180 g/mol. The lowest BCUT2D eigenvalue weighted by Crippen LogP contribution is -1.97. The Morgan fingerprint density at radius 2 is 2.38 bits per heavy atom. The van der Waals surface area contributed by atoms with Gasteiger partial charge in [0, 0.05) is 30.0 Å². The molecule has 0 spiro atoms. The maximum atomic E-state index is 3.39. The predicted octanol–water partition coefficient (Wildman–Crippen LogP) is 3.00. The minimum absolute atomic E-state index is 0.890. The molecule has 0 amide bonds. The van der Waals surface area contributed by atoms with Gasteiger partial charge in [0.15, 0.2) is 0 Å². The van der Waals surface area contributed by atoms with Crippen molar-refractivity contribution in [2.45, 2.75) is 13.5 Å². The third kappa shape index (κ3) is 1.92. The van der Waals surface area contributed by atoms with Gasteiger partial charge in [0.1, 0.15) is 0 Å². The fourth-order valence-corrected chi connectivity index (χ4v) is 2.01. The van der Waals surface area contributed by atoms with Gasteiger partial charge in [-0.15, -0.1) is 11.3 Å². The number of thiophene rings is 1. The molecule has 0 unspecified atom stereocenters. The number of anilines is 1. The fourth-order valence-electron chi connectivity index (χ4n) is 1.21. The molecule has 13 heavy (non-hydrogen) atoms. The van der Waals surface area contributed by atoms with Gasteiger partial charge in [0.05, 0.1) is 0 Å². The van der Waals surface area contributed by atoms with E-state index in [0.29, 0.717) is 0 Å². The van der Waals surface area contributed by atoms with Gasteiger partial charge in [0.2, 0.25) is 0 Å². The van der Waals surface area contributed by atoms with Crippen LogP contribution in [0.3, 0.4) is 0 Å². The summed E-state index contributed by atoms with van der Waals surface area (Å²) in [6.45, 7) is 3.01. The normalized spacial score (nSPS) is 10.2. The van der Waals surface area contributed by atoms with E-state index in [4.69, 9.17) is 0 Å². The highest BCUT2D eigenvalue weighted by molar-refractivity contribution is 7.08. The number of rotatable bonds is 3. The van der Waals surface area contributed by atoms with E-state index < -0.39 is 0 Å². The highest BCUT2D eigenvalue weighted by Gasteiger charge is 1.98. The van der Waals surface area contributed by atoms with Crippen molar-refractivity contribution in [2.75, 3.05) is 5.32 Å². The third-order valence-electron chi connectivity index (χ3n) is 2.00. The Morgan fingerprint density at radius 3 is 3.00 bits per heavy atom. The molecule has 0 bridgehead atoms. The molecule has 3 heteroatoms. The van der Waals surface area contributed by atoms with E-state index in [9.17, 15) is 0 Å². The minimum atomic E-state index is 0.890. The Morgan fingerprint density at radius 1 is 1.46 bits per heavy atom. The van der Waals surface area contributed by atoms with Crippen molar-refractivity contribution in [3.8, 4) is 0 Å². The van der Waals surface area contributed by atoms with E-state index in [1.807, 2.05) is 12.4 Å². The molecule has 0 fully saturated rings. The number of hydrogen-bond acceptors (Lipinski definition) is 2. The van der Waals surface area contributed by atoms with E-state index in [2.05, 4.69) is 34.1 Å². The van der Waals surface area contributed by atoms with Gasteiger partial charge in [0.25, 0.3) is 0 Å². The summed E-state index contributed by atoms with van der Waals surface area (Å²) in [4.78, 5) is 3.04. The van der Waals surface area contributed by atoms with Crippen molar-refractivity contribution in [2.24, 2.45) is 0 Å². The molecule has 0 saturated heterocycles. The van der Waals surface area contributed by atoms with Gasteiger partial charge >= 0.3 is 0 Å². The van der Waals surface area contributed by atoms with Gasteiger partial charge in [-0.05, 0) is 29.5 Å². The fraction of sp³-hybridized carbons (Fsp3) is 0.200. The molecule has 2 aromatic rings. The Bertz CT molecular complexity index is 362. The van der Waals surface area contributed by atoms with Gasteiger partial charge in [-0.25, -0.2) is 0 Å². The largest absolute Gasteiger partial charge is 0.380 e. The first-order chi connectivity index (χ1) is 6.36. The van der Waals surface area contributed by atoms with Crippen molar-refractivity contribution < 1.29 is 0 Å². The molecule has 68 valence electrons. The molecule has 2 rings (SSSR count). The monoisotopic (exact) mass is 192 g/mol. The van der Waals surface area contributed by atoms with Crippen LogP contribution in [-0.2, 0) is 6.54 Å². The molecule has 2 aromatic heterocycles. The van der Waals surface area contributed by atoms with Gasteiger partial charge in [-0.1, -0.05) is 0 Å². The van der Waals surface area contributed by atoms with Crippen LogP contribution >= 0.6 is 11.3 Å². The second kappa shape index (κ2) is 3.66. The molecule has 0 aliphatic rings. The van der Waals surface area contributed by atoms with Crippen LogP contribution in [0.15, 0.2) is 29.2 Å². The first-order valence-electron chi connectivity index (χ1n) is 4.24.